The van der Waals surface area contributed by atoms with Crippen LogP contribution in [0.25, 0.3) is 0 Å². The Kier molecular flexibility index (Phi) is 2.40. The van der Waals surface area contributed by atoms with Crippen LogP contribution in [0.3, 0.4) is 0 Å². The lowest BCUT2D eigenvalue weighted by molar-refractivity contribution is 0.258. The van der Waals surface area contributed by atoms with Gasteiger partial charge in [-0.2, -0.15) is 4.98 Å². The summed E-state index contributed by atoms with van der Waals surface area (Å²) in [5.74, 6) is 0.696. The standard InChI is InChI=1S/C9H12N2O2/c12-5-8-3-4-10-9(11-8)13-6-7-1-2-7/h3-4,7,12H,1-2,5-6H2. The molecule has 4 heteroatoms. The van der Waals surface area contributed by atoms with Crippen molar-refractivity contribution >= 4 is 0 Å². The monoisotopic (exact) mass is 180 g/mol. The Bertz CT molecular complexity index is 287. The third kappa shape index (κ3) is 2.39. The van der Waals surface area contributed by atoms with E-state index in [0.717, 1.165) is 0 Å². The van der Waals surface area contributed by atoms with E-state index in [1.54, 1.807) is 12.3 Å². The number of hydrogen-bond acceptors (Lipinski definition) is 4. The molecule has 1 saturated carbocycles. The molecule has 70 valence electrons. The maximum Gasteiger partial charge on any atom is 0.316 e. The van der Waals surface area contributed by atoms with E-state index in [-0.39, 0.29) is 6.61 Å². The zero-order valence-electron chi connectivity index (χ0n) is 7.31. The second-order valence-corrected chi connectivity index (χ2v) is 3.24. The third-order valence-corrected chi connectivity index (χ3v) is 2.00. The number of aliphatic hydroxyl groups is 1. The van der Waals surface area contributed by atoms with Crippen LogP contribution in [0.1, 0.15) is 18.5 Å². The van der Waals surface area contributed by atoms with Crippen molar-refractivity contribution in [3.8, 4) is 6.01 Å². The number of aromatic nitrogens is 2. The van der Waals surface area contributed by atoms with E-state index in [0.29, 0.717) is 24.2 Å². The lowest BCUT2D eigenvalue weighted by Gasteiger charge is -2.02. The highest BCUT2D eigenvalue weighted by Gasteiger charge is 2.22. The molecule has 4 nitrogen and oxygen atoms in total. The summed E-state index contributed by atoms with van der Waals surface area (Å²) >= 11 is 0. The van der Waals surface area contributed by atoms with Crippen molar-refractivity contribution in [3.63, 3.8) is 0 Å². The maximum absolute atomic E-state index is 8.81. The average molecular weight is 180 g/mol. The van der Waals surface area contributed by atoms with Crippen LogP contribution in [0.4, 0.5) is 0 Å². The van der Waals surface area contributed by atoms with E-state index in [4.69, 9.17) is 9.84 Å². The van der Waals surface area contributed by atoms with Crippen molar-refractivity contribution in [2.75, 3.05) is 6.61 Å². The van der Waals surface area contributed by atoms with E-state index in [9.17, 15) is 0 Å². The molecule has 0 aromatic carbocycles. The van der Waals surface area contributed by atoms with Gasteiger partial charge >= 0.3 is 6.01 Å². The first-order valence-electron chi connectivity index (χ1n) is 4.44. The molecule has 0 aliphatic heterocycles. The molecule has 0 spiro atoms. The molecule has 1 fully saturated rings. The minimum Gasteiger partial charge on any atom is -0.463 e. The van der Waals surface area contributed by atoms with Crippen molar-refractivity contribution in [1.82, 2.24) is 9.97 Å². The van der Waals surface area contributed by atoms with Gasteiger partial charge in [0.05, 0.1) is 18.9 Å². The Morgan fingerprint density at radius 1 is 1.54 bits per heavy atom. The molecular formula is C9H12N2O2. The van der Waals surface area contributed by atoms with Crippen LogP contribution in [0, 0.1) is 5.92 Å². The zero-order chi connectivity index (χ0) is 9.10. The van der Waals surface area contributed by atoms with Crippen molar-refractivity contribution < 1.29 is 9.84 Å². The summed E-state index contributed by atoms with van der Waals surface area (Å²) in [6.45, 7) is 0.636. The van der Waals surface area contributed by atoms with Crippen molar-refractivity contribution in [1.29, 1.82) is 0 Å². The summed E-state index contributed by atoms with van der Waals surface area (Å²) in [6.07, 6.45) is 4.10. The van der Waals surface area contributed by atoms with Crippen LogP contribution in [0.5, 0.6) is 6.01 Å². The van der Waals surface area contributed by atoms with Crippen LogP contribution in [0.15, 0.2) is 12.3 Å². The molecule has 1 aromatic heterocycles. The second-order valence-electron chi connectivity index (χ2n) is 3.24. The fourth-order valence-electron chi connectivity index (χ4n) is 1.01. The predicted molar refractivity (Wildman–Crippen MR) is 46.2 cm³/mol. The normalized spacial score (nSPS) is 15.8. The third-order valence-electron chi connectivity index (χ3n) is 2.00. The van der Waals surface area contributed by atoms with Gasteiger partial charge in [-0.3, -0.25) is 0 Å². The Labute approximate surface area is 76.6 Å². The molecule has 13 heavy (non-hydrogen) atoms. The van der Waals surface area contributed by atoms with Crippen molar-refractivity contribution in [3.05, 3.63) is 18.0 Å². The molecule has 1 N–H and O–H groups in total. The number of nitrogens with zero attached hydrogens (tertiary/aromatic N) is 2. The molecule has 1 aliphatic rings. The lowest BCUT2D eigenvalue weighted by atomic mass is 10.4. The van der Waals surface area contributed by atoms with Crippen LogP contribution in [-0.2, 0) is 6.61 Å². The Balaban J connectivity index is 1.93. The Morgan fingerprint density at radius 2 is 2.38 bits per heavy atom. The van der Waals surface area contributed by atoms with Gasteiger partial charge in [0.15, 0.2) is 0 Å². The van der Waals surface area contributed by atoms with Crippen LogP contribution < -0.4 is 4.74 Å². The molecule has 0 bridgehead atoms. The highest BCUT2D eigenvalue weighted by Crippen LogP contribution is 2.28. The van der Waals surface area contributed by atoms with E-state index < -0.39 is 0 Å². The first kappa shape index (κ1) is 8.44. The van der Waals surface area contributed by atoms with Crippen LogP contribution in [0.2, 0.25) is 0 Å². The van der Waals surface area contributed by atoms with Gasteiger partial charge in [0.1, 0.15) is 0 Å². The SMILES string of the molecule is OCc1ccnc(OCC2CC2)n1. The molecule has 1 aliphatic carbocycles. The van der Waals surface area contributed by atoms with Gasteiger partial charge in [-0.15, -0.1) is 0 Å². The Morgan fingerprint density at radius 3 is 3.08 bits per heavy atom. The van der Waals surface area contributed by atoms with E-state index >= 15 is 0 Å². The van der Waals surface area contributed by atoms with Gasteiger partial charge in [0, 0.05) is 6.20 Å². The molecule has 0 saturated heterocycles. The minimum absolute atomic E-state index is 0.0672. The fourth-order valence-corrected chi connectivity index (χ4v) is 1.01. The molecule has 2 rings (SSSR count). The van der Waals surface area contributed by atoms with Gasteiger partial charge < -0.3 is 9.84 Å². The molecule has 1 heterocycles. The van der Waals surface area contributed by atoms with Gasteiger partial charge in [0.2, 0.25) is 0 Å². The van der Waals surface area contributed by atoms with E-state index in [1.807, 2.05) is 0 Å². The zero-order valence-corrected chi connectivity index (χ0v) is 7.31. The Hall–Kier alpha value is -1.16. The second kappa shape index (κ2) is 3.70. The summed E-state index contributed by atoms with van der Waals surface area (Å²) in [5.41, 5.74) is 0.598. The summed E-state index contributed by atoms with van der Waals surface area (Å²) in [6, 6.07) is 2.04. The summed E-state index contributed by atoms with van der Waals surface area (Å²) < 4.78 is 5.34. The van der Waals surface area contributed by atoms with E-state index in [2.05, 4.69) is 9.97 Å². The summed E-state index contributed by atoms with van der Waals surface area (Å²) in [4.78, 5) is 7.95. The minimum atomic E-state index is -0.0672. The van der Waals surface area contributed by atoms with Gasteiger partial charge in [0.25, 0.3) is 0 Å². The van der Waals surface area contributed by atoms with Crippen molar-refractivity contribution in [2.45, 2.75) is 19.4 Å². The van der Waals surface area contributed by atoms with Crippen molar-refractivity contribution in [2.24, 2.45) is 5.92 Å². The first-order chi connectivity index (χ1) is 6.38. The molecule has 0 amide bonds. The highest BCUT2D eigenvalue weighted by atomic mass is 16.5. The van der Waals surface area contributed by atoms with E-state index in [1.165, 1.54) is 12.8 Å². The van der Waals surface area contributed by atoms with Crippen LogP contribution in [-0.4, -0.2) is 21.7 Å². The maximum atomic E-state index is 8.81. The van der Waals surface area contributed by atoms with Gasteiger partial charge in [-0.25, -0.2) is 4.98 Å². The number of rotatable bonds is 4. The molecule has 0 atom stereocenters. The van der Waals surface area contributed by atoms with Crippen LogP contribution >= 0.6 is 0 Å². The lowest BCUT2D eigenvalue weighted by Crippen LogP contribution is -2.03. The molecule has 0 radical (unpaired) electrons. The highest BCUT2D eigenvalue weighted by molar-refractivity contribution is 5.04. The predicted octanol–water partition coefficient (Wildman–Crippen LogP) is 0.758. The molecular weight excluding hydrogens is 168 g/mol. The molecule has 0 unspecified atom stereocenters. The molecule has 1 aromatic rings. The number of ether oxygens (including phenoxy) is 1. The fraction of sp³-hybridized carbons (Fsp3) is 0.556. The van der Waals surface area contributed by atoms with Gasteiger partial charge in [-0.1, -0.05) is 0 Å². The number of aliphatic hydroxyl groups excluding tert-OH is 1. The summed E-state index contributed by atoms with van der Waals surface area (Å²) in [5, 5.41) is 8.81. The largest absolute Gasteiger partial charge is 0.463 e. The smallest absolute Gasteiger partial charge is 0.316 e. The number of hydrogen-bond donors (Lipinski definition) is 1. The average Bonchev–Trinajstić information content (AvgIpc) is 2.99. The summed E-state index contributed by atoms with van der Waals surface area (Å²) in [7, 11) is 0. The van der Waals surface area contributed by atoms with Gasteiger partial charge in [-0.05, 0) is 24.8 Å². The first-order valence-corrected chi connectivity index (χ1v) is 4.44. The quantitative estimate of drug-likeness (QED) is 0.743. The topological polar surface area (TPSA) is 55.2 Å².